The molecule has 0 aliphatic carbocycles. The Morgan fingerprint density at radius 1 is 1.10 bits per heavy atom. The maximum absolute atomic E-state index is 13.1. The van der Waals surface area contributed by atoms with Crippen molar-refractivity contribution in [1.29, 1.82) is 0 Å². The maximum atomic E-state index is 13.1. The van der Waals surface area contributed by atoms with E-state index in [2.05, 4.69) is 35.5 Å². The van der Waals surface area contributed by atoms with E-state index < -0.39 is 11.7 Å². The maximum Gasteiger partial charge on any atom is 0.361 e. The molecule has 4 aromatic heterocycles. The highest BCUT2D eigenvalue weighted by molar-refractivity contribution is 5.60. The summed E-state index contributed by atoms with van der Waals surface area (Å²) in [5.41, 5.74) is 1.41. The predicted octanol–water partition coefficient (Wildman–Crippen LogP) is 2.90. The molecule has 4 heterocycles. The first-order valence-electron chi connectivity index (χ1n) is 11.8. The minimum atomic E-state index is -0.725. The van der Waals surface area contributed by atoms with Gasteiger partial charge in [-0.3, -0.25) is 4.98 Å². The second-order valence-electron chi connectivity index (χ2n) is 8.28. The van der Waals surface area contributed by atoms with E-state index in [1.54, 1.807) is 25.3 Å². The number of aromatic nitrogens is 7. The van der Waals surface area contributed by atoms with E-state index >= 15 is 0 Å². The highest BCUT2D eigenvalue weighted by Gasteiger charge is 2.28. The number of anilines is 1. The van der Waals surface area contributed by atoms with Crippen molar-refractivity contribution in [2.45, 2.75) is 13.0 Å². The summed E-state index contributed by atoms with van der Waals surface area (Å²) in [5.74, 6) is 1.78. The lowest BCUT2D eigenvalue weighted by Crippen LogP contribution is -2.19. The average Bonchev–Trinajstić information content (AvgIpc) is 3.60. The first-order valence-corrected chi connectivity index (χ1v) is 11.8. The number of aryl methyl sites for hydroxylation is 1. The van der Waals surface area contributed by atoms with Crippen LogP contribution < -0.4 is 20.5 Å². The summed E-state index contributed by atoms with van der Waals surface area (Å²) in [7, 11) is 4.18. The Labute approximate surface area is 226 Å². The molecule has 0 radical (unpaired) electrons. The summed E-state index contributed by atoms with van der Waals surface area (Å²) in [4.78, 5) is 45.8. The van der Waals surface area contributed by atoms with Crippen LogP contribution in [0.5, 0.6) is 11.6 Å². The Kier molecular flexibility index (Phi) is 7.17. The molecule has 5 aromatic rings. The monoisotopic (exact) mass is 546 g/mol. The van der Waals surface area contributed by atoms with Gasteiger partial charge < -0.3 is 19.3 Å². The summed E-state index contributed by atoms with van der Waals surface area (Å²) in [6.07, 6.45) is 3.01. The van der Waals surface area contributed by atoms with E-state index in [-0.39, 0.29) is 28.1 Å². The van der Waals surface area contributed by atoms with Crippen LogP contribution in [-0.4, -0.2) is 61.1 Å². The van der Waals surface area contributed by atoms with Crippen LogP contribution in [0.1, 0.15) is 23.3 Å². The topological polar surface area (TPSA) is 175 Å². The molecule has 204 valence electrons. The SMILES string of the molecule is COc1cc(C(Nc2ccc(-c3noc(C)n3)cc2)c2nn(-c3ncccc3[N+](=O)OC)c(=O)[nH]2)cnc1OC. The second-order valence-corrected chi connectivity index (χ2v) is 8.28. The van der Waals surface area contributed by atoms with Gasteiger partial charge in [-0.05, 0) is 36.4 Å². The van der Waals surface area contributed by atoms with Crippen molar-refractivity contribution in [2.75, 3.05) is 26.6 Å². The number of rotatable bonds is 10. The zero-order valence-electron chi connectivity index (χ0n) is 21.9. The van der Waals surface area contributed by atoms with E-state index in [0.29, 0.717) is 28.7 Å². The van der Waals surface area contributed by atoms with Crippen molar-refractivity contribution in [1.82, 2.24) is 34.9 Å². The third kappa shape index (κ3) is 5.07. The number of nitrogens with one attached hydrogen (secondary N) is 2. The molecule has 15 heteroatoms. The van der Waals surface area contributed by atoms with E-state index in [9.17, 15) is 9.70 Å². The van der Waals surface area contributed by atoms with Gasteiger partial charge in [-0.25, -0.2) is 19.6 Å². The van der Waals surface area contributed by atoms with Gasteiger partial charge in [0.15, 0.2) is 18.7 Å². The summed E-state index contributed by atoms with van der Waals surface area (Å²) < 4.78 is 16.8. The molecular weight excluding hydrogens is 522 g/mol. The molecule has 15 nitrogen and oxygen atoms in total. The molecule has 40 heavy (non-hydrogen) atoms. The molecule has 0 bridgehead atoms. The highest BCUT2D eigenvalue weighted by Crippen LogP contribution is 2.32. The molecule has 0 fully saturated rings. The molecule has 1 aromatic carbocycles. The van der Waals surface area contributed by atoms with Crippen LogP contribution in [-0.2, 0) is 4.84 Å². The van der Waals surface area contributed by atoms with Crippen molar-refractivity contribution in [3.05, 3.63) is 87.5 Å². The molecule has 1 unspecified atom stereocenters. The lowest BCUT2D eigenvalue weighted by Gasteiger charge is -2.19. The fourth-order valence-corrected chi connectivity index (χ4v) is 3.92. The predicted molar refractivity (Wildman–Crippen MR) is 140 cm³/mol. The Balaban J connectivity index is 1.57. The van der Waals surface area contributed by atoms with Gasteiger partial charge in [-0.15, -0.1) is 5.10 Å². The Bertz CT molecular complexity index is 1710. The standard InChI is InChI=1S/C25H23N9O6/c1-14-28-21(32-40-14)15-7-9-17(10-8-15)29-20(16-12-19(37-2)24(38-3)27-13-16)22-30-25(35)33(31-22)23-18(34(36)39-4)6-5-11-26-23/h5-13,20H,1-4H3,(H-,29,30,31,32,35)/p+1. The van der Waals surface area contributed by atoms with Gasteiger partial charge in [0.1, 0.15) is 6.04 Å². The normalized spacial score (nSPS) is 11.6. The lowest BCUT2D eigenvalue weighted by atomic mass is 10.1. The Morgan fingerprint density at radius 2 is 1.90 bits per heavy atom. The molecule has 0 saturated heterocycles. The van der Waals surface area contributed by atoms with Gasteiger partial charge in [0.2, 0.25) is 17.5 Å². The summed E-state index contributed by atoms with van der Waals surface area (Å²) in [6.45, 7) is 1.71. The van der Waals surface area contributed by atoms with Crippen LogP contribution in [0.4, 0.5) is 11.4 Å². The van der Waals surface area contributed by atoms with Crippen molar-refractivity contribution < 1.29 is 23.8 Å². The van der Waals surface area contributed by atoms with Crippen molar-refractivity contribution in [3.8, 4) is 28.8 Å². The number of nitrogens with zero attached hydrogens (tertiary/aromatic N) is 7. The van der Waals surface area contributed by atoms with Crippen molar-refractivity contribution in [2.24, 2.45) is 0 Å². The van der Waals surface area contributed by atoms with E-state index in [1.807, 2.05) is 24.3 Å². The third-order valence-corrected chi connectivity index (χ3v) is 5.81. The third-order valence-electron chi connectivity index (χ3n) is 5.81. The zero-order chi connectivity index (χ0) is 28.2. The number of aromatic amines is 1. The van der Waals surface area contributed by atoms with Crippen molar-refractivity contribution in [3.63, 3.8) is 0 Å². The number of hydrogen-bond donors (Lipinski definition) is 2. The van der Waals surface area contributed by atoms with Crippen LogP contribution in [0.3, 0.4) is 0 Å². The van der Waals surface area contributed by atoms with Crippen LogP contribution >= 0.6 is 0 Å². The number of methoxy groups -OCH3 is 2. The van der Waals surface area contributed by atoms with Gasteiger partial charge in [0.25, 0.3) is 10.8 Å². The van der Waals surface area contributed by atoms with E-state index in [0.717, 1.165) is 10.2 Å². The Morgan fingerprint density at radius 3 is 2.58 bits per heavy atom. The number of H-pyrrole nitrogens is 1. The minimum absolute atomic E-state index is 0.00488. The molecule has 0 saturated carbocycles. The minimum Gasteiger partial charge on any atom is -0.491 e. The smallest absolute Gasteiger partial charge is 0.361 e. The second kappa shape index (κ2) is 11.0. The molecule has 5 rings (SSSR count). The first-order chi connectivity index (χ1) is 19.4. The van der Waals surface area contributed by atoms with Gasteiger partial charge in [-0.1, -0.05) is 5.16 Å². The summed E-state index contributed by atoms with van der Waals surface area (Å²) in [6, 6.07) is 11.3. The molecule has 1 atom stereocenters. The number of ether oxygens (including phenoxy) is 2. The first kappa shape index (κ1) is 26.0. The van der Waals surface area contributed by atoms with Gasteiger partial charge in [0, 0.05) is 42.2 Å². The van der Waals surface area contributed by atoms with Gasteiger partial charge >= 0.3 is 11.4 Å². The molecule has 0 aliphatic rings. The van der Waals surface area contributed by atoms with Gasteiger partial charge in [-0.2, -0.15) is 9.67 Å². The molecule has 0 aliphatic heterocycles. The quantitative estimate of drug-likeness (QED) is 0.245. The highest BCUT2D eigenvalue weighted by atomic mass is 16.8. The lowest BCUT2D eigenvalue weighted by molar-refractivity contribution is -0.736. The fraction of sp³-hybridized carbons (Fsp3) is 0.200. The molecule has 0 amide bonds. The van der Waals surface area contributed by atoms with Crippen LogP contribution in [0.2, 0.25) is 0 Å². The van der Waals surface area contributed by atoms with Crippen LogP contribution in [0.15, 0.2) is 64.2 Å². The molecule has 2 N–H and O–H groups in total. The van der Waals surface area contributed by atoms with E-state index in [4.69, 9.17) is 18.8 Å². The fourth-order valence-electron chi connectivity index (χ4n) is 3.92. The van der Waals surface area contributed by atoms with Gasteiger partial charge in [0.05, 0.1) is 19.1 Å². The Hall–Kier alpha value is -5.60. The molecule has 0 spiro atoms. The summed E-state index contributed by atoms with van der Waals surface area (Å²) in [5, 5.41) is 11.8. The molecular formula is C25H24N9O6+. The zero-order valence-corrected chi connectivity index (χ0v) is 21.9. The largest absolute Gasteiger partial charge is 0.491 e. The van der Waals surface area contributed by atoms with Crippen LogP contribution in [0.25, 0.3) is 17.2 Å². The van der Waals surface area contributed by atoms with Crippen molar-refractivity contribution >= 4 is 11.4 Å². The summed E-state index contributed by atoms with van der Waals surface area (Å²) >= 11 is 0. The number of hydrogen-bond acceptors (Lipinski definition) is 12. The van der Waals surface area contributed by atoms with E-state index in [1.165, 1.54) is 33.6 Å². The number of pyridine rings is 2. The number of benzene rings is 1. The van der Waals surface area contributed by atoms with Crippen LogP contribution in [0, 0.1) is 11.8 Å². The average molecular weight is 547 g/mol.